The molecule has 1 aromatic heterocycles. The minimum Gasteiger partial charge on any atom is -0.292 e. The summed E-state index contributed by atoms with van der Waals surface area (Å²) in [5.74, 6) is -1.03. The molecule has 2 aromatic rings. The van der Waals surface area contributed by atoms with Crippen LogP contribution < -0.4 is 0 Å². The average Bonchev–Trinajstić information content (AvgIpc) is 2.78. The zero-order chi connectivity index (χ0) is 14.8. The van der Waals surface area contributed by atoms with Gasteiger partial charge in [0, 0.05) is 5.02 Å². The van der Waals surface area contributed by atoms with Crippen molar-refractivity contribution >= 4 is 54.5 Å². The van der Waals surface area contributed by atoms with Crippen LogP contribution in [0.5, 0.6) is 0 Å². The van der Waals surface area contributed by atoms with Crippen LogP contribution in [0.2, 0.25) is 5.02 Å². The van der Waals surface area contributed by atoms with Crippen LogP contribution in [0.4, 0.5) is 0 Å². The molecule has 106 valence electrons. The second-order valence-corrected chi connectivity index (χ2v) is 9.15. The molecule has 0 atom stereocenters. The number of ketones is 1. The first-order valence-electron chi connectivity index (χ1n) is 5.59. The second-order valence-electron chi connectivity index (χ2n) is 4.19. The van der Waals surface area contributed by atoms with E-state index in [9.17, 15) is 13.2 Å². The molecule has 0 aliphatic rings. The van der Waals surface area contributed by atoms with Gasteiger partial charge in [0.25, 0.3) is 0 Å². The summed E-state index contributed by atoms with van der Waals surface area (Å²) >= 11 is 10.2. The maximum absolute atomic E-state index is 12.0. The van der Waals surface area contributed by atoms with Gasteiger partial charge in [0.1, 0.15) is 5.75 Å². The van der Waals surface area contributed by atoms with E-state index in [1.54, 1.807) is 36.4 Å². The number of thiophene rings is 1. The minimum atomic E-state index is -3.49. The molecule has 0 aliphatic heterocycles. The molecular weight excluding hydrogens is 384 g/mol. The highest BCUT2D eigenvalue weighted by molar-refractivity contribution is 9.11. The van der Waals surface area contributed by atoms with Gasteiger partial charge >= 0.3 is 0 Å². The Bertz CT molecular complexity index is 720. The van der Waals surface area contributed by atoms with Crippen molar-refractivity contribution in [1.82, 2.24) is 0 Å². The lowest BCUT2D eigenvalue weighted by Gasteiger charge is -2.03. The van der Waals surface area contributed by atoms with Gasteiger partial charge in [-0.25, -0.2) is 8.42 Å². The Morgan fingerprint density at radius 3 is 2.35 bits per heavy atom. The number of benzene rings is 1. The largest absolute Gasteiger partial charge is 0.292 e. The lowest BCUT2D eigenvalue weighted by atomic mass is 10.2. The van der Waals surface area contributed by atoms with E-state index >= 15 is 0 Å². The van der Waals surface area contributed by atoms with Crippen LogP contribution in [0, 0.1) is 0 Å². The molecule has 0 saturated carbocycles. The molecule has 2 rings (SSSR count). The number of rotatable bonds is 5. The lowest BCUT2D eigenvalue weighted by molar-refractivity contribution is 0.102. The van der Waals surface area contributed by atoms with E-state index in [0.717, 1.165) is 3.79 Å². The summed E-state index contributed by atoms with van der Waals surface area (Å²) in [7, 11) is -3.49. The van der Waals surface area contributed by atoms with Crippen LogP contribution in [-0.4, -0.2) is 20.0 Å². The van der Waals surface area contributed by atoms with Crippen molar-refractivity contribution in [2.75, 3.05) is 5.75 Å². The Labute approximate surface area is 134 Å². The molecule has 0 amide bonds. The quantitative estimate of drug-likeness (QED) is 0.722. The van der Waals surface area contributed by atoms with Crippen molar-refractivity contribution < 1.29 is 13.2 Å². The Balaban J connectivity index is 2.07. The Morgan fingerprint density at radius 2 is 1.80 bits per heavy atom. The summed E-state index contributed by atoms with van der Waals surface area (Å²) in [6.45, 7) is 0. The summed E-state index contributed by atoms with van der Waals surface area (Å²) in [5, 5.41) is 0.547. The Kier molecular flexibility index (Phi) is 5.01. The van der Waals surface area contributed by atoms with Gasteiger partial charge in [-0.15, -0.1) is 11.3 Å². The Hall–Kier alpha value is -0.690. The summed E-state index contributed by atoms with van der Waals surface area (Å²) in [6, 6.07) is 9.89. The highest BCUT2D eigenvalue weighted by Crippen LogP contribution is 2.23. The number of hydrogen-bond donors (Lipinski definition) is 0. The molecule has 0 unspecified atom stereocenters. The molecule has 0 aliphatic carbocycles. The summed E-state index contributed by atoms with van der Waals surface area (Å²) in [5.41, 5.74) is 0.620. The maximum atomic E-state index is 12.0. The summed E-state index contributed by atoms with van der Waals surface area (Å²) in [6.07, 6.45) is 0. The lowest BCUT2D eigenvalue weighted by Crippen LogP contribution is -2.17. The fraction of sp³-hybridized carbons (Fsp3) is 0.154. The molecule has 1 aromatic carbocycles. The van der Waals surface area contributed by atoms with Gasteiger partial charge in [-0.05, 0) is 45.8 Å². The first-order valence-corrected chi connectivity index (χ1v) is 9.40. The fourth-order valence-corrected chi connectivity index (χ4v) is 4.52. The van der Waals surface area contributed by atoms with E-state index in [-0.39, 0.29) is 11.5 Å². The van der Waals surface area contributed by atoms with Gasteiger partial charge in [-0.2, -0.15) is 0 Å². The van der Waals surface area contributed by atoms with Gasteiger partial charge in [0.15, 0.2) is 15.6 Å². The standard InChI is InChI=1S/C13H10BrClO3S2/c14-13-6-5-12(19-13)11(16)8-20(17,18)7-9-1-3-10(15)4-2-9/h1-6H,7-8H2. The molecular formula is C13H10BrClO3S2. The van der Waals surface area contributed by atoms with E-state index in [2.05, 4.69) is 15.9 Å². The normalized spacial score (nSPS) is 11.5. The van der Waals surface area contributed by atoms with Crippen molar-refractivity contribution in [1.29, 1.82) is 0 Å². The van der Waals surface area contributed by atoms with E-state index in [1.807, 2.05) is 0 Å². The first kappa shape index (κ1) is 15.7. The molecule has 20 heavy (non-hydrogen) atoms. The van der Waals surface area contributed by atoms with Crippen LogP contribution >= 0.6 is 38.9 Å². The van der Waals surface area contributed by atoms with Crippen molar-refractivity contribution in [2.24, 2.45) is 0 Å². The van der Waals surface area contributed by atoms with Crippen LogP contribution in [0.15, 0.2) is 40.2 Å². The molecule has 0 saturated heterocycles. The number of carbonyl (C=O) groups is 1. The van der Waals surface area contributed by atoms with Crippen LogP contribution in [0.25, 0.3) is 0 Å². The molecule has 0 N–H and O–H groups in total. The van der Waals surface area contributed by atoms with Gasteiger partial charge < -0.3 is 0 Å². The van der Waals surface area contributed by atoms with E-state index < -0.39 is 15.6 Å². The average molecular weight is 394 g/mol. The predicted molar refractivity (Wildman–Crippen MR) is 85.3 cm³/mol. The smallest absolute Gasteiger partial charge is 0.187 e. The number of hydrogen-bond acceptors (Lipinski definition) is 4. The SMILES string of the molecule is O=C(CS(=O)(=O)Cc1ccc(Cl)cc1)c1ccc(Br)s1. The Morgan fingerprint density at radius 1 is 1.15 bits per heavy atom. The number of Topliss-reactive ketones (excluding diaryl/α,β-unsaturated/α-hetero) is 1. The van der Waals surface area contributed by atoms with Crippen molar-refractivity contribution in [3.63, 3.8) is 0 Å². The van der Waals surface area contributed by atoms with Crippen LogP contribution in [0.3, 0.4) is 0 Å². The zero-order valence-corrected chi connectivity index (χ0v) is 14.2. The predicted octanol–water partition coefficient (Wildman–Crippen LogP) is 3.96. The number of sulfone groups is 1. The third kappa shape index (κ3) is 4.41. The summed E-state index contributed by atoms with van der Waals surface area (Å²) < 4.78 is 24.8. The molecule has 7 heteroatoms. The molecule has 0 spiro atoms. The van der Waals surface area contributed by atoms with Crippen LogP contribution in [0.1, 0.15) is 15.2 Å². The van der Waals surface area contributed by atoms with Gasteiger partial charge in [-0.1, -0.05) is 23.7 Å². The highest BCUT2D eigenvalue weighted by Gasteiger charge is 2.19. The molecule has 0 radical (unpaired) electrons. The van der Waals surface area contributed by atoms with Crippen molar-refractivity contribution in [3.05, 3.63) is 55.6 Å². The highest BCUT2D eigenvalue weighted by atomic mass is 79.9. The van der Waals surface area contributed by atoms with Gasteiger partial charge in [-0.3, -0.25) is 4.79 Å². The second kappa shape index (κ2) is 6.39. The van der Waals surface area contributed by atoms with E-state index in [0.29, 0.717) is 15.5 Å². The van der Waals surface area contributed by atoms with Crippen molar-refractivity contribution in [3.8, 4) is 0 Å². The first-order chi connectivity index (χ1) is 9.35. The van der Waals surface area contributed by atoms with Crippen molar-refractivity contribution in [2.45, 2.75) is 5.75 Å². The molecule has 0 fully saturated rings. The summed E-state index contributed by atoms with van der Waals surface area (Å²) in [4.78, 5) is 12.3. The van der Waals surface area contributed by atoms with Crippen LogP contribution in [-0.2, 0) is 15.6 Å². The zero-order valence-electron chi connectivity index (χ0n) is 10.2. The van der Waals surface area contributed by atoms with Gasteiger partial charge in [0.05, 0.1) is 14.4 Å². The molecule has 1 heterocycles. The van der Waals surface area contributed by atoms with E-state index in [4.69, 9.17) is 11.6 Å². The third-order valence-electron chi connectivity index (χ3n) is 2.50. The third-order valence-corrected chi connectivity index (χ3v) is 5.89. The maximum Gasteiger partial charge on any atom is 0.187 e. The fourth-order valence-electron chi connectivity index (χ4n) is 1.62. The monoisotopic (exact) mass is 392 g/mol. The van der Waals surface area contributed by atoms with Gasteiger partial charge in [0.2, 0.25) is 0 Å². The molecule has 0 bridgehead atoms. The number of carbonyl (C=O) groups excluding carboxylic acids is 1. The topological polar surface area (TPSA) is 51.2 Å². The molecule has 3 nitrogen and oxygen atoms in total. The minimum absolute atomic E-state index is 0.164. The number of halogens is 2. The van der Waals surface area contributed by atoms with E-state index in [1.165, 1.54) is 11.3 Å².